The predicted octanol–water partition coefficient (Wildman–Crippen LogP) is 2.41. The minimum atomic E-state index is 0.343. The first kappa shape index (κ1) is 21.4. The van der Waals surface area contributed by atoms with Gasteiger partial charge in [-0.2, -0.15) is 0 Å². The summed E-state index contributed by atoms with van der Waals surface area (Å²) in [5, 5.41) is 15.1. The number of aliphatic imine (C=N–C) groups is 1. The van der Waals surface area contributed by atoms with Gasteiger partial charge in [0.2, 0.25) is 0 Å². The molecular formula is C18H36N6O. The van der Waals surface area contributed by atoms with Crippen molar-refractivity contribution in [2.75, 3.05) is 20.3 Å². The molecule has 0 aliphatic rings. The quantitative estimate of drug-likeness (QED) is 0.405. The first-order chi connectivity index (χ1) is 11.7. The lowest BCUT2D eigenvalue weighted by atomic mass is 9.89. The van der Waals surface area contributed by atoms with Gasteiger partial charge in [0.25, 0.3) is 0 Å². The summed E-state index contributed by atoms with van der Waals surface area (Å²) in [5.74, 6) is 2.57. The molecular weight excluding hydrogens is 316 g/mol. The van der Waals surface area contributed by atoms with Crippen molar-refractivity contribution >= 4 is 5.96 Å². The number of hydrogen-bond donors (Lipinski definition) is 2. The zero-order valence-electron chi connectivity index (χ0n) is 17.0. The maximum atomic E-state index is 5.11. The molecule has 1 aromatic rings. The van der Waals surface area contributed by atoms with Crippen LogP contribution in [0.15, 0.2) is 4.99 Å². The zero-order chi connectivity index (χ0) is 18.9. The second kappa shape index (κ2) is 10.4. The van der Waals surface area contributed by atoms with E-state index in [1.54, 1.807) is 7.11 Å². The van der Waals surface area contributed by atoms with Gasteiger partial charge in [0.05, 0.1) is 0 Å². The van der Waals surface area contributed by atoms with Crippen LogP contribution in [0, 0.1) is 12.3 Å². The van der Waals surface area contributed by atoms with Gasteiger partial charge in [-0.15, -0.1) is 10.2 Å². The summed E-state index contributed by atoms with van der Waals surface area (Å²) in [6, 6.07) is 0.356. The zero-order valence-corrected chi connectivity index (χ0v) is 17.0. The molecule has 0 bridgehead atoms. The average Bonchev–Trinajstić information content (AvgIpc) is 2.85. The number of rotatable bonds is 9. The lowest BCUT2D eigenvalue weighted by Crippen LogP contribution is -2.43. The average molecular weight is 353 g/mol. The molecule has 1 unspecified atom stereocenters. The van der Waals surface area contributed by atoms with Gasteiger partial charge in [-0.1, -0.05) is 20.8 Å². The lowest BCUT2D eigenvalue weighted by molar-refractivity contribution is 0.195. The van der Waals surface area contributed by atoms with Crippen LogP contribution >= 0.6 is 0 Å². The molecule has 1 aromatic heterocycles. The van der Waals surface area contributed by atoms with E-state index in [9.17, 15) is 0 Å². The van der Waals surface area contributed by atoms with Crippen LogP contribution in [0.3, 0.4) is 0 Å². The predicted molar refractivity (Wildman–Crippen MR) is 103 cm³/mol. The van der Waals surface area contributed by atoms with E-state index < -0.39 is 0 Å². The summed E-state index contributed by atoms with van der Waals surface area (Å²) in [7, 11) is 3.68. The molecule has 144 valence electrons. The molecule has 7 heteroatoms. The molecule has 1 heterocycles. The molecule has 0 aliphatic heterocycles. The number of aromatic nitrogens is 3. The molecule has 1 rings (SSSR count). The summed E-state index contributed by atoms with van der Waals surface area (Å²) >= 11 is 0. The fourth-order valence-corrected chi connectivity index (χ4v) is 2.27. The second-order valence-corrected chi connectivity index (χ2v) is 7.81. The SMILES string of the molecule is COCCCNC(=NCc1nnc(C)n1C)NC(C)CCC(C)(C)C. The number of hydrogen-bond acceptors (Lipinski definition) is 4. The van der Waals surface area contributed by atoms with Crippen molar-refractivity contribution in [2.45, 2.75) is 66.5 Å². The van der Waals surface area contributed by atoms with Crippen molar-refractivity contribution < 1.29 is 4.74 Å². The van der Waals surface area contributed by atoms with Gasteiger partial charge in [-0.25, -0.2) is 4.99 Å². The summed E-state index contributed by atoms with van der Waals surface area (Å²) in [6.07, 6.45) is 3.21. The van der Waals surface area contributed by atoms with Gasteiger partial charge < -0.3 is 19.9 Å². The third kappa shape index (κ3) is 8.86. The Hall–Kier alpha value is -1.63. The van der Waals surface area contributed by atoms with Crippen LogP contribution in [0.25, 0.3) is 0 Å². The molecule has 0 saturated heterocycles. The third-order valence-corrected chi connectivity index (χ3v) is 4.09. The van der Waals surface area contributed by atoms with Crippen molar-refractivity contribution in [3.05, 3.63) is 11.6 Å². The topological polar surface area (TPSA) is 76.4 Å². The Labute approximate surface area is 152 Å². The Kier molecular flexibility index (Phi) is 8.89. The van der Waals surface area contributed by atoms with Gasteiger partial charge in [0, 0.05) is 33.4 Å². The standard InChI is InChI=1S/C18H36N6O/c1-14(9-10-18(3,4)5)21-17(19-11-8-12-25-7)20-13-16-23-22-15(2)24(16)6/h14H,8-13H2,1-7H3,(H2,19,20,21). The second-order valence-electron chi connectivity index (χ2n) is 7.81. The largest absolute Gasteiger partial charge is 0.385 e. The highest BCUT2D eigenvalue weighted by molar-refractivity contribution is 5.80. The molecule has 7 nitrogen and oxygen atoms in total. The Balaban J connectivity index is 2.64. The van der Waals surface area contributed by atoms with Crippen LogP contribution < -0.4 is 10.6 Å². The number of nitrogens with one attached hydrogen (secondary N) is 2. The number of guanidine groups is 1. The van der Waals surface area contributed by atoms with Crippen LogP contribution in [0.1, 0.15) is 58.6 Å². The van der Waals surface area contributed by atoms with Crippen LogP contribution in [0.4, 0.5) is 0 Å². The van der Waals surface area contributed by atoms with Crippen molar-refractivity contribution in [1.82, 2.24) is 25.4 Å². The highest BCUT2D eigenvalue weighted by atomic mass is 16.5. The molecule has 0 amide bonds. The lowest BCUT2D eigenvalue weighted by Gasteiger charge is -2.23. The summed E-state index contributed by atoms with van der Waals surface area (Å²) in [5.41, 5.74) is 0.343. The summed E-state index contributed by atoms with van der Waals surface area (Å²) in [6.45, 7) is 13.0. The fraction of sp³-hybridized carbons (Fsp3) is 0.833. The number of aryl methyl sites for hydroxylation is 1. The van der Waals surface area contributed by atoms with Crippen molar-refractivity contribution in [3.63, 3.8) is 0 Å². The summed E-state index contributed by atoms with van der Waals surface area (Å²) < 4.78 is 7.07. The van der Waals surface area contributed by atoms with Crippen molar-refractivity contribution in [3.8, 4) is 0 Å². The van der Waals surface area contributed by atoms with Gasteiger partial charge >= 0.3 is 0 Å². The fourth-order valence-electron chi connectivity index (χ4n) is 2.27. The van der Waals surface area contributed by atoms with Gasteiger partial charge in [0.15, 0.2) is 11.8 Å². The smallest absolute Gasteiger partial charge is 0.191 e. The van der Waals surface area contributed by atoms with E-state index in [-0.39, 0.29) is 0 Å². The van der Waals surface area contributed by atoms with E-state index in [0.29, 0.717) is 18.0 Å². The van der Waals surface area contributed by atoms with Crippen LogP contribution in [-0.4, -0.2) is 47.0 Å². The molecule has 25 heavy (non-hydrogen) atoms. The van der Waals surface area contributed by atoms with Crippen LogP contribution in [0.5, 0.6) is 0 Å². The number of ether oxygens (including phenoxy) is 1. The van der Waals surface area contributed by atoms with Crippen LogP contribution in [-0.2, 0) is 18.3 Å². The van der Waals surface area contributed by atoms with E-state index in [1.807, 2.05) is 18.5 Å². The minimum absolute atomic E-state index is 0.343. The number of methoxy groups -OCH3 is 1. The highest BCUT2D eigenvalue weighted by Gasteiger charge is 2.13. The van der Waals surface area contributed by atoms with Crippen molar-refractivity contribution in [1.29, 1.82) is 0 Å². The Morgan fingerprint density at radius 1 is 1.32 bits per heavy atom. The molecule has 2 N–H and O–H groups in total. The molecule has 0 radical (unpaired) electrons. The highest BCUT2D eigenvalue weighted by Crippen LogP contribution is 2.21. The Morgan fingerprint density at radius 3 is 2.60 bits per heavy atom. The normalized spacial score (nSPS) is 13.8. The molecule has 0 saturated carbocycles. The summed E-state index contributed by atoms with van der Waals surface area (Å²) in [4.78, 5) is 4.68. The maximum Gasteiger partial charge on any atom is 0.191 e. The Bertz CT molecular complexity index is 532. The number of nitrogens with zero attached hydrogens (tertiary/aromatic N) is 4. The monoisotopic (exact) mass is 352 g/mol. The first-order valence-corrected chi connectivity index (χ1v) is 9.11. The van der Waals surface area contributed by atoms with E-state index in [1.165, 1.54) is 6.42 Å². The van der Waals surface area contributed by atoms with E-state index >= 15 is 0 Å². The Morgan fingerprint density at radius 2 is 2.04 bits per heavy atom. The van der Waals surface area contributed by atoms with Crippen molar-refractivity contribution in [2.24, 2.45) is 17.5 Å². The third-order valence-electron chi connectivity index (χ3n) is 4.09. The molecule has 1 atom stereocenters. The maximum absolute atomic E-state index is 5.11. The van der Waals surface area contributed by atoms with Gasteiger partial charge in [-0.05, 0) is 38.5 Å². The van der Waals surface area contributed by atoms with Crippen LogP contribution in [0.2, 0.25) is 0 Å². The molecule has 0 spiro atoms. The molecule has 0 aromatic carbocycles. The molecule has 0 fully saturated rings. The molecule has 0 aliphatic carbocycles. The first-order valence-electron chi connectivity index (χ1n) is 9.11. The van der Waals surface area contributed by atoms with Gasteiger partial charge in [-0.3, -0.25) is 0 Å². The minimum Gasteiger partial charge on any atom is -0.385 e. The van der Waals surface area contributed by atoms with E-state index in [4.69, 9.17) is 4.74 Å². The van der Waals surface area contributed by atoms with E-state index in [2.05, 4.69) is 53.5 Å². The van der Waals surface area contributed by atoms with Gasteiger partial charge in [0.1, 0.15) is 12.4 Å². The van der Waals surface area contributed by atoms with E-state index in [0.717, 1.165) is 43.6 Å².